The van der Waals surface area contributed by atoms with Crippen LogP contribution < -0.4 is 10.0 Å². The zero-order valence-corrected chi connectivity index (χ0v) is 13.8. The van der Waals surface area contributed by atoms with Crippen LogP contribution in [0.3, 0.4) is 0 Å². The zero-order chi connectivity index (χ0) is 15.3. The summed E-state index contributed by atoms with van der Waals surface area (Å²) in [6.07, 6.45) is 5.45. The second-order valence-corrected chi connectivity index (χ2v) is 6.84. The highest BCUT2D eigenvalue weighted by Gasteiger charge is 2.20. The summed E-state index contributed by atoms with van der Waals surface area (Å²) in [4.78, 5) is 8.11. The van der Waals surface area contributed by atoms with Gasteiger partial charge < -0.3 is 5.32 Å². The summed E-state index contributed by atoms with van der Waals surface area (Å²) in [6.45, 7) is 2.64. The van der Waals surface area contributed by atoms with Crippen LogP contribution >= 0.6 is 15.9 Å². The van der Waals surface area contributed by atoms with Crippen molar-refractivity contribution in [1.29, 1.82) is 0 Å². The Morgan fingerprint density at radius 1 is 1.33 bits per heavy atom. The van der Waals surface area contributed by atoms with E-state index in [1.807, 2.05) is 6.92 Å². The maximum absolute atomic E-state index is 12.5. The van der Waals surface area contributed by atoms with Gasteiger partial charge in [0.1, 0.15) is 10.7 Å². The van der Waals surface area contributed by atoms with Crippen LogP contribution in [0, 0.1) is 0 Å². The molecule has 2 aromatic heterocycles. The first-order valence-corrected chi connectivity index (χ1v) is 8.63. The van der Waals surface area contributed by atoms with Crippen LogP contribution in [0.15, 0.2) is 46.2 Å². The van der Waals surface area contributed by atoms with Crippen LogP contribution in [0.4, 0.5) is 11.5 Å². The largest absolute Gasteiger partial charge is 0.369 e. The Morgan fingerprint density at radius 2 is 2.14 bits per heavy atom. The number of hydrogen-bond donors (Lipinski definition) is 2. The lowest BCUT2D eigenvalue weighted by atomic mass is 10.4. The molecule has 8 heteroatoms. The fraction of sp³-hybridized carbons (Fsp3) is 0.231. The molecule has 0 spiro atoms. The minimum absolute atomic E-state index is 0.0918. The number of sulfonamides is 1. The smallest absolute Gasteiger partial charge is 0.265 e. The third-order valence-corrected chi connectivity index (χ3v) is 4.39. The lowest BCUT2D eigenvalue weighted by Gasteiger charge is -2.12. The highest BCUT2D eigenvalue weighted by Crippen LogP contribution is 2.25. The summed E-state index contributed by atoms with van der Waals surface area (Å²) < 4.78 is 28.1. The van der Waals surface area contributed by atoms with Crippen LogP contribution in [0.2, 0.25) is 0 Å². The van der Waals surface area contributed by atoms with Gasteiger partial charge in [-0.25, -0.2) is 13.4 Å². The molecule has 0 amide bonds. The molecule has 0 radical (unpaired) electrons. The van der Waals surface area contributed by atoms with Gasteiger partial charge in [-0.3, -0.25) is 9.71 Å². The molecule has 112 valence electrons. The Hall–Kier alpha value is -1.67. The van der Waals surface area contributed by atoms with Crippen LogP contribution in [-0.4, -0.2) is 24.9 Å². The topological polar surface area (TPSA) is 84.0 Å². The van der Waals surface area contributed by atoms with E-state index in [1.165, 1.54) is 12.3 Å². The van der Waals surface area contributed by atoms with Crippen molar-refractivity contribution in [2.45, 2.75) is 18.2 Å². The molecule has 0 aliphatic carbocycles. The van der Waals surface area contributed by atoms with E-state index in [0.717, 1.165) is 6.42 Å². The Labute approximate surface area is 132 Å². The van der Waals surface area contributed by atoms with Crippen molar-refractivity contribution in [2.24, 2.45) is 0 Å². The first-order valence-electron chi connectivity index (χ1n) is 6.35. The summed E-state index contributed by atoms with van der Waals surface area (Å²) >= 11 is 3.25. The van der Waals surface area contributed by atoms with Gasteiger partial charge in [0.25, 0.3) is 10.0 Å². The molecule has 2 heterocycles. The number of pyridine rings is 2. The normalized spacial score (nSPS) is 11.1. The minimum atomic E-state index is -3.74. The molecule has 2 aromatic rings. The van der Waals surface area contributed by atoms with Gasteiger partial charge in [0.05, 0.1) is 11.9 Å². The molecule has 0 aliphatic heterocycles. The van der Waals surface area contributed by atoms with Gasteiger partial charge in [0, 0.05) is 23.4 Å². The van der Waals surface area contributed by atoms with Crippen molar-refractivity contribution in [3.63, 3.8) is 0 Å². The lowest BCUT2D eigenvalue weighted by Crippen LogP contribution is -2.16. The molecule has 0 aromatic carbocycles. The number of nitrogens with zero attached hydrogens (tertiary/aromatic N) is 2. The number of hydrogen-bond acceptors (Lipinski definition) is 5. The van der Waals surface area contributed by atoms with Crippen LogP contribution in [-0.2, 0) is 10.0 Å². The molecule has 6 nitrogen and oxygen atoms in total. The van der Waals surface area contributed by atoms with Gasteiger partial charge in [0.2, 0.25) is 0 Å². The predicted molar refractivity (Wildman–Crippen MR) is 85.8 cm³/mol. The number of rotatable bonds is 6. The molecular weight excluding hydrogens is 356 g/mol. The summed E-state index contributed by atoms with van der Waals surface area (Å²) in [7, 11) is -3.74. The summed E-state index contributed by atoms with van der Waals surface area (Å²) in [5.41, 5.74) is 0.402. The number of nitrogens with one attached hydrogen (secondary N) is 2. The van der Waals surface area contributed by atoms with E-state index in [2.05, 4.69) is 35.9 Å². The molecule has 0 saturated heterocycles. The molecule has 0 atom stereocenters. The van der Waals surface area contributed by atoms with E-state index < -0.39 is 10.0 Å². The van der Waals surface area contributed by atoms with Crippen LogP contribution in [0.25, 0.3) is 0 Å². The van der Waals surface area contributed by atoms with E-state index in [4.69, 9.17) is 0 Å². The van der Waals surface area contributed by atoms with Gasteiger partial charge in [-0.05, 0) is 40.5 Å². The average molecular weight is 371 g/mol. The molecule has 2 rings (SSSR count). The van der Waals surface area contributed by atoms with Crippen molar-refractivity contribution in [1.82, 2.24) is 9.97 Å². The standard InChI is InChI=1S/C13H15BrN4O2S/c1-2-5-16-13-12(7-10(14)8-17-13)21(19,20)18-11-4-3-6-15-9-11/h3-4,6-9,18H,2,5H2,1H3,(H,16,17). The monoisotopic (exact) mass is 370 g/mol. The zero-order valence-electron chi connectivity index (χ0n) is 11.4. The van der Waals surface area contributed by atoms with Gasteiger partial charge in [-0.2, -0.15) is 0 Å². The quantitative estimate of drug-likeness (QED) is 0.816. The first kappa shape index (κ1) is 15.7. The molecule has 0 fully saturated rings. The van der Waals surface area contributed by atoms with Crippen LogP contribution in [0.5, 0.6) is 0 Å². The van der Waals surface area contributed by atoms with Crippen molar-refractivity contribution in [3.05, 3.63) is 41.3 Å². The first-order chi connectivity index (χ1) is 10.0. The number of anilines is 2. The molecule has 0 unspecified atom stereocenters. The minimum Gasteiger partial charge on any atom is -0.369 e. The van der Waals surface area contributed by atoms with Crippen molar-refractivity contribution >= 4 is 37.5 Å². The number of halogens is 1. The van der Waals surface area contributed by atoms with Gasteiger partial charge in [-0.1, -0.05) is 6.92 Å². The second-order valence-electron chi connectivity index (χ2n) is 4.27. The lowest BCUT2D eigenvalue weighted by molar-refractivity contribution is 0.601. The molecule has 2 N–H and O–H groups in total. The maximum Gasteiger partial charge on any atom is 0.265 e. The van der Waals surface area contributed by atoms with E-state index in [9.17, 15) is 8.42 Å². The SMILES string of the molecule is CCCNc1ncc(Br)cc1S(=O)(=O)Nc1cccnc1. The third-order valence-electron chi connectivity index (χ3n) is 2.57. The third kappa shape index (κ3) is 4.15. The maximum atomic E-state index is 12.5. The summed E-state index contributed by atoms with van der Waals surface area (Å²) in [6, 6.07) is 4.81. The average Bonchev–Trinajstić information content (AvgIpc) is 2.46. The Kier molecular flexibility index (Phi) is 5.13. The Balaban J connectivity index is 2.36. The van der Waals surface area contributed by atoms with Gasteiger partial charge >= 0.3 is 0 Å². The summed E-state index contributed by atoms with van der Waals surface area (Å²) in [5, 5.41) is 3.02. The summed E-state index contributed by atoms with van der Waals surface area (Å²) in [5.74, 6) is 0.330. The van der Waals surface area contributed by atoms with E-state index >= 15 is 0 Å². The molecular formula is C13H15BrN4O2S. The highest BCUT2D eigenvalue weighted by atomic mass is 79.9. The van der Waals surface area contributed by atoms with E-state index in [0.29, 0.717) is 22.5 Å². The second kappa shape index (κ2) is 6.86. The number of aromatic nitrogens is 2. The fourth-order valence-corrected chi connectivity index (χ4v) is 3.32. The molecule has 0 bridgehead atoms. The van der Waals surface area contributed by atoms with Gasteiger partial charge in [-0.15, -0.1) is 0 Å². The molecule has 21 heavy (non-hydrogen) atoms. The molecule has 0 saturated carbocycles. The van der Waals surface area contributed by atoms with Gasteiger partial charge in [0.15, 0.2) is 0 Å². The van der Waals surface area contributed by atoms with E-state index in [1.54, 1.807) is 24.5 Å². The van der Waals surface area contributed by atoms with Crippen molar-refractivity contribution in [2.75, 3.05) is 16.6 Å². The Bertz CT molecular complexity index is 707. The fourth-order valence-electron chi connectivity index (χ4n) is 1.63. The van der Waals surface area contributed by atoms with Crippen molar-refractivity contribution < 1.29 is 8.42 Å². The van der Waals surface area contributed by atoms with Crippen LogP contribution in [0.1, 0.15) is 13.3 Å². The Morgan fingerprint density at radius 3 is 2.81 bits per heavy atom. The predicted octanol–water partition coefficient (Wildman–Crippen LogP) is 2.86. The van der Waals surface area contributed by atoms with Crippen molar-refractivity contribution in [3.8, 4) is 0 Å². The highest BCUT2D eigenvalue weighted by molar-refractivity contribution is 9.10. The van der Waals surface area contributed by atoms with E-state index in [-0.39, 0.29) is 4.90 Å². The molecule has 0 aliphatic rings.